The molecule has 0 aliphatic rings. The molecule has 0 bridgehead atoms. The van der Waals surface area contributed by atoms with Crippen LogP contribution in [0.5, 0.6) is 5.75 Å². The van der Waals surface area contributed by atoms with E-state index in [0.29, 0.717) is 21.5 Å². The number of hydrogen-bond donors (Lipinski definition) is 3. The number of hydrogen-bond acceptors (Lipinski definition) is 5. The SMILES string of the molecule is C[C@@H](NC(=O)COc1ccc(/C=N\NC(=O)C(=O)Nc2ccccc2Br)cc1)c1ccccc1. The summed E-state index contributed by atoms with van der Waals surface area (Å²) in [5.41, 5.74) is 4.33. The minimum atomic E-state index is -0.900. The van der Waals surface area contributed by atoms with Gasteiger partial charge in [0.1, 0.15) is 5.75 Å². The number of carbonyl (C=O) groups is 3. The van der Waals surface area contributed by atoms with Gasteiger partial charge in [0.25, 0.3) is 5.91 Å². The van der Waals surface area contributed by atoms with Crippen LogP contribution in [-0.2, 0) is 14.4 Å². The molecule has 174 valence electrons. The molecule has 0 aliphatic heterocycles. The Balaban J connectivity index is 1.42. The van der Waals surface area contributed by atoms with E-state index in [1.807, 2.05) is 37.3 Å². The fourth-order valence-electron chi connectivity index (χ4n) is 2.87. The van der Waals surface area contributed by atoms with Crippen molar-refractivity contribution in [3.8, 4) is 5.75 Å². The van der Waals surface area contributed by atoms with Gasteiger partial charge in [0, 0.05) is 4.47 Å². The van der Waals surface area contributed by atoms with Crippen molar-refractivity contribution in [1.82, 2.24) is 10.7 Å². The minimum Gasteiger partial charge on any atom is -0.484 e. The van der Waals surface area contributed by atoms with Crippen LogP contribution in [0.1, 0.15) is 24.1 Å². The van der Waals surface area contributed by atoms with E-state index >= 15 is 0 Å². The van der Waals surface area contributed by atoms with Crippen LogP contribution in [0.3, 0.4) is 0 Å². The van der Waals surface area contributed by atoms with Crippen LogP contribution in [0.15, 0.2) is 88.4 Å². The van der Waals surface area contributed by atoms with E-state index in [-0.39, 0.29) is 18.6 Å². The number of para-hydroxylation sites is 1. The molecule has 3 N–H and O–H groups in total. The lowest BCUT2D eigenvalue weighted by Crippen LogP contribution is -2.32. The van der Waals surface area contributed by atoms with E-state index in [1.165, 1.54) is 6.21 Å². The van der Waals surface area contributed by atoms with Gasteiger partial charge in [-0.1, -0.05) is 42.5 Å². The molecule has 1 atom stereocenters. The van der Waals surface area contributed by atoms with Gasteiger partial charge >= 0.3 is 11.8 Å². The van der Waals surface area contributed by atoms with Gasteiger partial charge in [-0.05, 0) is 70.4 Å². The number of rotatable bonds is 8. The monoisotopic (exact) mass is 522 g/mol. The third-order valence-electron chi connectivity index (χ3n) is 4.64. The topological polar surface area (TPSA) is 109 Å². The summed E-state index contributed by atoms with van der Waals surface area (Å²) in [7, 11) is 0. The normalized spacial score (nSPS) is 11.5. The van der Waals surface area contributed by atoms with Crippen LogP contribution in [0.25, 0.3) is 0 Å². The number of amides is 3. The van der Waals surface area contributed by atoms with Gasteiger partial charge in [0.05, 0.1) is 17.9 Å². The van der Waals surface area contributed by atoms with Crippen LogP contribution in [0.2, 0.25) is 0 Å². The van der Waals surface area contributed by atoms with E-state index in [9.17, 15) is 14.4 Å². The Labute approximate surface area is 205 Å². The number of hydrazone groups is 1. The molecule has 0 fully saturated rings. The van der Waals surface area contributed by atoms with Gasteiger partial charge in [-0.3, -0.25) is 14.4 Å². The lowest BCUT2D eigenvalue weighted by molar-refractivity contribution is -0.136. The van der Waals surface area contributed by atoms with Crippen molar-refractivity contribution >= 4 is 45.6 Å². The van der Waals surface area contributed by atoms with Gasteiger partial charge in [-0.15, -0.1) is 0 Å². The zero-order chi connectivity index (χ0) is 24.3. The van der Waals surface area contributed by atoms with E-state index in [1.54, 1.807) is 48.5 Å². The maximum absolute atomic E-state index is 12.1. The predicted molar refractivity (Wildman–Crippen MR) is 133 cm³/mol. The van der Waals surface area contributed by atoms with Gasteiger partial charge in [-0.2, -0.15) is 5.10 Å². The second-order valence-electron chi connectivity index (χ2n) is 7.19. The summed E-state index contributed by atoms with van der Waals surface area (Å²) in [5.74, 6) is -1.46. The van der Waals surface area contributed by atoms with E-state index in [2.05, 4.69) is 37.1 Å². The molecular weight excluding hydrogens is 500 g/mol. The first-order valence-electron chi connectivity index (χ1n) is 10.4. The van der Waals surface area contributed by atoms with Crippen molar-refractivity contribution in [3.63, 3.8) is 0 Å². The Morgan fingerprint density at radius 1 is 0.941 bits per heavy atom. The van der Waals surface area contributed by atoms with Gasteiger partial charge in [0.2, 0.25) is 0 Å². The largest absolute Gasteiger partial charge is 0.484 e. The number of carbonyl (C=O) groups excluding carboxylic acids is 3. The third kappa shape index (κ3) is 7.56. The van der Waals surface area contributed by atoms with E-state index < -0.39 is 11.8 Å². The lowest BCUT2D eigenvalue weighted by atomic mass is 10.1. The summed E-state index contributed by atoms with van der Waals surface area (Å²) in [6, 6.07) is 23.2. The molecule has 0 saturated carbocycles. The molecule has 0 unspecified atom stereocenters. The number of anilines is 1. The Hall–Kier alpha value is -3.98. The molecule has 3 rings (SSSR count). The van der Waals surface area contributed by atoms with Crippen LogP contribution >= 0.6 is 15.9 Å². The number of benzene rings is 3. The smallest absolute Gasteiger partial charge is 0.329 e. The molecule has 3 aromatic carbocycles. The minimum absolute atomic E-state index is 0.118. The molecule has 0 radical (unpaired) electrons. The van der Waals surface area contributed by atoms with Crippen molar-refractivity contribution in [1.29, 1.82) is 0 Å². The van der Waals surface area contributed by atoms with Crippen LogP contribution in [0.4, 0.5) is 5.69 Å². The van der Waals surface area contributed by atoms with Crippen LogP contribution in [-0.4, -0.2) is 30.5 Å². The quantitative estimate of drug-likeness (QED) is 0.237. The fourth-order valence-corrected chi connectivity index (χ4v) is 3.25. The average Bonchev–Trinajstić information content (AvgIpc) is 2.85. The second-order valence-corrected chi connectivity index (χ2v) is 8.05. The molecule has 0 heterocycles. The molecule has 3 aromatic rings. The maximum Gasteiger partial charge on any atom is 0.329 e. The summed E-state index contributed by atoms with van der Waals surface area (Å²) < 4.78 is 6.17. The predicted octanol–water partition coefficient (Wildman–Crippen LogP) is 3.79. The first kappa shape index (κ1) is 24.7. The first-order chi connectivity index (χ1) is 16.4. The summed E-state index contributed by atoms with van der Waals surface area (Å²) in [6.45, 7) is 1.79. The molecule has 0 aromatic heterocycles. The summed E-state index contributed by atoms with van der Waals surface area (Å²) in [5, 5.41) is 9.16. The van der Waals surface area contributed by atoms with Crippen LogP contribution < -0.4 is 20.8 Å². The Bertz CT molecular complexity index is 1170. The van der Waals surface area contributed by atoms with E-state index in [0.717, 1.165) is 5.56 Å². The van der Waals surface area contributed by atoms with Crippen molar-refractivity contribution in [3.05, 3.63) is 94.5 Å². The standard InChI is InChI=1S/C25H23BrN4O4/c1-17(19-7-3-2-4-8-19)28-23(31)16-34-20-13-11-18(12-14-20)15-27-30-25(33)24(32)29-22-10-6-5-9-21(22)26/h2-15,17H,16H2,1H3,(H,28,31)(H,29,32)(H,30,33)/b27-15-/t17-/m1/s1. The molecule has 0 spiro atoms. The third-order valence-corrected chi connectivity index (χ3v) is 5.33. The van der Waals surface area contributed by atoms with Gasteiger partial charge in [0.15, 0.2) is 6.61 Å². The lowest BCUT2D eigenvalue weighted by Gasteiger charge is -2.14. The summed E-state index contributed by atoms with van der Waals surface area (Å²) in [4.78, 5) is 36.0. The fraction of sp³-hybridized carbons (Fsp3) is 0.120. The Morgan fingerprint density at radius 2 is 1.62 bits per heavy atom. The van der Waals surface area contributed by atoms with Crippen LogP contribution in [0, 0.1) is 0 Å². The maximum atomic E-state index is 12.1. The average molecular weight is 523 g/mol. The zero-order valence-corrected chi connectivity index (χ0v) is 19.9. The van der Waals surface area contributed by atoms with Gasteiger partial charge < -0.3 is 15.4 Å². The molecule has 0 aliphatic carbocycles. The van der Waals surface area contributed by atoms with Crippen molar-refractivity contribution in [2.75, 3.05) is 11.9 Å². The van der Waals surface area contributed by atoms with Crippen molar-refractivity contribution in [2.45, 2.75) is 13.0 Å². The number of nitrogens with one attached hydrogen (secondary N) is 3. The summed E-state index contributed by atoms with van der Waals surface area (Å²) >= 11 is 3.29. The summed E-state index contributed by atoms with van der Waals surface area (Å²) in [6.07, 6.45) is 1.39. The Kier molecular flexibility index (Phi) is 8.93. The molecule has 9 heteroatoms. The number of halogens is 1. The molecule has 34 heavy (non-hydrogen) atoms. The van der Waals surface area contributed by atoms with E-state index in [4.69, 9.17) is 4.74 Å². The highest BCUT2D eigenvalue weighted by atomic mass is 79.9. The number of ether oxygens (including phenoxy) is 1. The highest BCUT2D eigenvalue weighted by Gasteiger charge is 2.14. The molecular formula is C25H23BrN4O4. The Morgan fingerprint density at radius 3 is 2.32 bits per heavy atom. The molecule has 0 saturated heterocycles. The van der Waals surface area contributed by atoms with Gasteiger partial charge in [-0.25, -0.2) is 5.43 Å². The highest BCUT2D eigenvalue weighted by Crippen LogP contribution is 2.20. The zero-order valence-electron chi connectivity index (χ0n) is 18.3. The first-order valence-corrected chi connectivity index (χ1v) is 11.2. The van der Waals surface area contributed by atoms with Crippen molar-refractivity contribution < 1.29 is 19.1 Å². The molecule has 3 amide bonds. The number of nitrogens with zero attached hydrogens (tertiary/aromatic N) is 1. The molecule has 8 nitrogen and oxygen atoms in total. The highest BCUT2D eigenvalue weighted by molar-refractivity contribution is 9.10. The van der Waals surface area contributed by atoms with Crippen molar-refractivity contribution in [2.24, 2.45) is 5.10 Å². The second kappa shape index (κ2) is 12.3.